The second-order valence-corrected chi connectivity index (χ2v) is 8.67. The molecule has 3 nitrogen and oxygen atoms in total. The number of para-hydroxylation sites is 1. The Bertz CT molecular complexity index is 943. The van der Waals surface area contributed by atoms with Gasteiger partial charge in [0, 0.05) is 14.8 Å². The van der Waals surface area contributed by atoms with Gasteiger partial charge >= 0.3 is 0 Å². The summed E-state index contributed by atoms with van der Waals surface area (Å²) in [5.74, 6) is -0.103. The first-order valence-corrected chi connectivity index (χ1v) is 10.4. The molecular formula is C19H16ClNO2S2. The molecule has 0 spiro atoms. The maximum absolute atomic E-state index is 12.5. The van der Waals surface area contributed by atoms with Gasteiger partial charge < -0.3 is 0 Å². The predicted octanol–water partition coefficient (Wildman–Crippen LogP) is 5.43. The van der Waals surface area contributed by atoms with Crippen molar-refractivity contribution in [3.63, 3.8) is 0 Å². The van der Waals surface area contributed by atoms with Crippen LogP contribution in [0.25, 0.3) is 0 Å². The molecule has 25 heavy (non-hydrogen) atoms. The number of halogens is 1. The SMILES string of the molecule is O=S(=O)(Cc1ccc(Cl)cc1)Nc1ccccc1Sc1ccccc1. The van der Waals surface area contributed by atoms with E-state index in [9.17, 15) is 8.42 Å². The Labute approximate surface area is 157 Å². The van der Waals surface area contributed by atoms with E-state index in [1.54, 1.807) is 30.3 Å². The highest BCUT2D eigenvalue weighted by molar-refractivity contribution is 7.99. The van der Waals surface area contributed by atoms with Crippen LogP contribution in [0.1, 0.15) is 5.56 Å². The Balaban J connectivity index is 1.79. The molecule has 128 valence electrons. The van der Waals surface area contributed by atoms with Gasteiger partial charge in [-0.2, -0.15) is 0 Å². The minimum atomic E-state index is -3.52. The molecule has 0 bridgehead atoms. The average molecular weight is 390 g/mol. The molecule has 0 heterocycles. The quantitative estimate of drug-likeness (QED) is 0.611. The molecule has 0 unspecified atom stereocenters. The van der Waals surface area contributed by atoms with Gasteiger partial charge in [0.15, 0.2) is 0 Å². The molecule has 3 aromatic rings. The zero-order valence-electron chi connectivity index (χ0n) is 13.2. The normalized spacial score (nSPS) is 11.2. The maximum Gasteiger partial charge on any atom is 0.236 e. The summed E-state index contributed by atoms with van der Waals surface area (Å²) in [5, 5.41) is 0.582. The topological polar surface area (TPSA) is 46.2 Å². The van der Waals surface area contributed by atoms with Gasteiger partial charge in [-0.25, -0.2) is 8.42 Å². The smallest absolute Gasteiger partial charge is 0.236 e. The van der Waals surface area contributed by atoms with Crippen molar-refractivity contribution in [1.82, 2.24) is 0 Å². The summed E-state index contributed by atoms with van der Waals surface area (Å²) in [6, 6.07) is 24.0. The molecule has 6 heteroatoms. The van der Waals surface area contributed by atoms with Gasteiger partial charge in [-0.1, -0.05) is 65.8 Å². The van der Waals surface area contributed by atoms with E-state index in [1.807, 2.05) is 48.5 Å². The Morgan fingerprint density at radius 1 is 0.840 bits per heavy atom. The van der Waals surface area contributed by atoms with Crippen molar-refractivity contribution in [3.8, 4) is 0 Å². The second kappa shape index (κ2) is 7.95. The molecule has 0 amide bonds. The summed E-state index contributed by atoms with van der Waals surface area (Å²) in [4.78, 5) is 1.90. The number of hydrogen-bond donors (Lipinski definition) is 1. The molecule has 0 fully saturated rings. The molecule has 3 rings (SSSR count). The lowest BCUT2D eigenvalue weighted by Gasteiger charge is -2.12. The van der Waals surface area contributed by atoms with Crippen LogP contribution in [-0.2, 0) is 15.8 Å². The first-order chi connectivity index (χ1) is 12.0. The number of hydrogen-bond acceptors (Lipinski definition) is 3. The Hall–Kier alpha value is -1.95. The summed E-state index contributed by atoms with van der Waals surface area (Å²) >= 11 is 7.36. The first-order valence-electron chi connectivity index (χ1n) is 7.59. The van der Waals surface area contributed by atoms with E-state index < -0.39 is 10.0 Å². The number of benzene rings is 3. The van der Waals surface area contributed by atoms with Gasteiger partial charge in [0.05, 0.1) is 11.4 Å². The lowest BCUT2D eigenvalue weighted by molar-refractivity contribution is 0.600. The number of rotatable bonds is 6. The molecule has 0 aliphatic rings. The minimum Gasteiger partial charge on any atom is -0.282 e. The Kier molecular flexibility index (Phi) is 5.68. The van der Waals surface area contributed by atoms with Crippen LogP contribution in [0.15, 0.2) is 88.7 Å². The third-order valence-corrected chi connectivity index (χ3v) is 5.97. The van der Waals surface area contributed by atoms with E-state index in [0.29, 0.717) is 16.3 Å². The predicted molar refractivity (Wildman–Crippen MR) is 105 cm³/mol. The van der Waals surface area contributed by atoms with Crippen LogP contribution in [-0.4, -0.2) is 8.42 Å². The van der Waals surface area contributed by atoms with Crippen LogP contribution in [0.4, 0.5) is 5.69 Å². The van der Waals surface area contributed by atoms with Crippen molar-refractivity contribution in [2.45, 2.75) is 15.5 Å². The van der Waals surface area contributed by atoms with Gasteiger partial charge in [-0.05, 0) is 42.0 Å². The van der Waals surface area contributed by atoms with Gasteiger partial charge in [0.25, 0.3) is 0 Å². The fourth-order valence-electron chi connectivity index (χ4n) is 2.26. The van der Waals surface area contributed by atoms with Crippen molar-refractivity contribution < 1.29 is 8.42 Å². The molecule has 0 saturated heterocycles. The number of sulfonamides is 1. The fraction of sp³-hybridized carbons (Fsp3) is 0.0526. The molecule has 0 aliphatic carbocycles. The Morgan fingerprint density at radius 3 is 2.20 bits per heavy atom. The van der Waals surface area contributed by atoms with E-state index in [-0.39, 0.29) is 5.75 Å². The van der Waals surface area contributed by atoms with Crippen LogP contribution in [0.3, 0.4) is 0 Å². The molecule has 1 N–H and O–H groups in total. The van der Waals surface area contributed by atoms with E-state index >= 15 is 0 Å². The van der Waals surface area contributed by atoms with Crippen LogP contribution in [0.2, 0.25) is 5.02 Å². The van der Waals surface area contributed by atoms with Crippen LogP contribution in [0, 0.1) is 0 Å². The van der Waals surface area contributed by atoms with Gasteiger partial charge in [0.2, 0.25) is 10.0 Å². The first kappa shape index (κ1) is 17.9. The van der Waals surface area contributed by atoms with Gasteiger partial charge in [0.1, 0.15) is 0 Å². The number of nitrogens with one attached hydrogen (secondary N) is 1. The maximum atomic E-state index is 12.5. The number of anilines is 1. The van der Waals surface area contributed by atoms with Gasteiger partial charge in [-0.15, -0.1) is 0 Å². The molecule has 0 aromatic heterocycles. The van der Waals surface area contributed by atoms with Gasteiger partial charge in [-0.3, -0.25) is 4.72 Å². The second-order valence-electron chi connectivity index (χ2n) is 5.40. The van der Waals surface area contributed by atoms with Crippen molar-refractivity contribution in [2.75, 3.05) is 4.72 Å². The van der Waals surface area contributed by atoms with Crippen LogP contribution in [0.5, 0.6) is 0 Å². The lowest BCUT2D eigenvalue weighted by Crippen LogP contribution is -2.15. The largest absolute Gasteiger partial charge is 0.282 e. The summed E-state index contributed by atoms with van der Waals surface area (Å²) in [7, 11) is -3.52. The minimum absolute atomic E-state index is 0.103. The summed E-state index contributed by atoms with van der Waals surface area (Å²) < 4.78 is 27.7. The molecule has 0 saturated carbocycles. The molecule has 0 atom stereocenters. The van der Waals surface area contributed by atoms with E-state index in [0.717, 1.165) is 9.79 Å². The van der Waals surface area contributed by atoms with Crippen molar-refractivity contribution in [2.24, 2.45) is 0 Å². The average Bonchev–Trinajstić information content (AvgIpc) is 2.59. The lowest BCUT2D eigenvalue weighted by atomic mass is 10.2. The summed E-state index contributed by atoms with van der Waals surface area (Å²) in [6.45, 7) is 0. The van der Waals surface area contributed by atoms with Crippen LogP contribution >= 0.6 is 23.4 Å². The van der Waals surface area contributed by atoms with Crippen molar-refractivity contribution in [3.05, 3.63) is 89.4 Å². The standard InChI is InChI=1S/C19H16ClNO2S2/c20-16-12-10-15(11-13-16)14-25(22,23)21-18-8-4-5-9-19(18)24-17-6-2-1-3-7-17/h1-13,21H,14H2. The van der Waals surface area contributed by atoms with E-state index in [2.05, 4.69) is 4.72 Å². The fourth-order valence-corrected chi connectivity index (χ4v) is 4.59. The Morgan fingerprint density at radius 2 is 1.48 bits per heavy atom. The van der Waals surface area contributed by atoms with E-state index in [1.165, 1.54) is 11.8 Å². The molecule has 0 radical (unpaired) electrons. The summed E-state index contributed by atoms with van der Waals surface area (Å²) in [6.07, 6.45) is 0. The third kappa shape index (κ3) is 5.26. The van der Waals surface area contributed by atoms with Crippen molar-refractivity contribution in [1.29, 1.82) is 0 Å². The third-order valence-electron chi connectivity index (χ3n) is 3.39. The monoisotopic (exact) mass is 389 g/mol. The van der Waals surface area contributed by atoms with Crippen LogP contribution < -0.4 is 4.72 Å². The zero-order valence-corrected chi connectivity index (χ0v) is 15.6. The van der Waals surface area contributed by atoms with Crippen molar-refractivity contribution >= 4 is 39.1 Å². The molecule has 0 aliphatic heterocycles. The highest BCUT2D eigenvalue weighted by atomic mass is 35.5. The van der Waals surface area contributed by atoms with E-state index in [4.69, 9.17) is 11.6 Å². The molecule has 3 aromatic carbocycles. The molecular weight excluding hydrogens is 374 g/mol. The highest BCUT2D eigenvalue weighted by Crippen LogP contribution is 2.33. The highest BCUT2D eigenvalue weighted by Gasteiger charge is 2.14. The zero-order chi connectivity index (χ0) is 17.7. The summed E-state index contributed by atoms with van der Waals surface area (Å²) in [5.41, 5.74) is 1.26.